The summed E-state index contributed by atoms with van der Waals surface area (Å²) in [7, 11) is 0. The summed E-state index contributed by atoms with van der Waals surface area (Å²) in [6, 6.07) is 0. The lowest BCUT2D eigenvalue weighted by Crippen LogP contribution is -2.61. The Kier molecular flexibility index (Phi) is 3.89. The van der Waals surface area contributed by atoms with Crippen LogP contribution in [0.4, 0.5) is 0 Å². The second kappa shape index (κ2) is 5.46. The summed E-state index contributed by atoms with van der Waals surface area (Å²) in [6.07, 6.45) is 10.5. The van der Waals surface area contributed by atoms with Crippen molar-refractivity contribution in [1.82, 2.24) is 0 Å². The molecule has 0 heterocycles. The smallest absolute Gasteiger partial charge is 0.0599 e. The van der Waals surface area contributed by atoms with E-state index in [0.717, 1.165) is 25.2 Å². The minimum atomic E-state index is -0.144. The zero-order valence-corrected chi connectivity index (χ0v) is 15.3. The highest BCUT2D eigenvalue weighted by Gasteiger charge is 2.63. The minimum absolute atomic E-state index is 0.0633. The van der Waals surface area contributed by atoms with E-state index < -0.39 is 0 Å². The number of rotatable bonds is 1. The lowest BCUT2D eigenvalue weighted by molar-refractivity contribution is -0.198. The molecule has 9 atom stereocenters. The normalized spacial score (nSPS) is 59.1. The summed E-state index contributed by atoms with van der Waals surface area (Å²) in [5, 5.41) is 22.0. The summed E-state index contributed by atoms with van der Waals surface area (Å²) in [6.45, 7) is 7.25. The Morgan fingerprint density at radius 2 is 1.74 bits per heavy atom. The summed E-state index contributed by atoms with van der Waals surface area (Å²) >= 11 is 0. The number of aliphatic hydroxyl groups is 2. The van der Waals surface area contributed by atoms with Gasteiger partial charge in [-0.2, -0.15) is 0 Å². The van der Waals surface area contributed by atoms with E-state index in [4.69, 9.17) is 0 Å². The standard InChI is InChI=1S/C21H36O2/c1-4-13-8-9-15-19-16(10-11-20(13,15)2)21(3)14(12-17(19)22)6-5-7-18(21)23/h13-19,22-23H,4-12H2,1-3H3/t13-,14?,15-,16-,17?,18?,19-,20+,21-/m0/s1. The SMILES string of the molecule is CC[C@H]1CC[C@H]2[C@@H]3C(O)CC4CCCC(O)[C@]4(C)[C@H]3CC[C@]12C. The largest absolute Gasteiger partial charge is 0.393 e. The highest BCUT2D eigenvalue weighted by Crippen LogP contribution is 2.67. The van der Waals surface area contributed by atoms with Crippen molar-refractivity contribution in [3.05, 3.63) is 0 Å². The van der Waals surface area contributed by atoms with Crippen LogP contribution in [0.5, 0.6) is 0 Å². The molecular weight excluding hydrogens is 284 g/mol. The highest BCUT2D eigenvalue weighted by atomic mass is 16.3. The minimum Gasteiger partial charge on any atom is -0.393 e. The van der Waals surface area contributed by atoms with Crippen LogP contribution in [-0.2, 0) is 0 Å². The lowest BCUT2D eigenvalue weighted by atomic mass is 9.43. The fourth-order valence-corrected chi connectivity index (χ4v) is 8.06. The summed E-state index contributed by atoms with van der Waals surface area (Å²) < 4.78 is 0. The van der Waals surface area contributed by atoms with Gasteiger partial charge in [-0.25, -0.2) is 0 Å². The van der Waals surface area contributed by atoms with Crippen LogP contribution in [0, 0.1) is 40.4 Å². The molecular formula is C21H36O2. The van der Waals surface area contributed by atoms with Gasteiger partial charge in [0.05, 0.1) is 12.2 Å². The van der Waals surface area contributed by atoms with Gasteiger partial charge in [0, 0.05) is 0 Å². The molecule has 2 nitrogen and oxygen atoms in total. The van der Waals surface area contributed by atoms with Crippen molar-refractivity contribution in [2.45, 2.75) is 90.8 Å². The molecule has 0 aromatic heterocycles. The van der Waals surface area contributed by atoms with Crippen LogP contribution in [0.3, 0.4) is 0 Å². The van der Waals surface area contributed by atoms with E-state index in [1.165, 1.54) is 38.5 Å². The van der Waals surface area contributed by atoms with E-state index in [-0.39, 0.29) is 17.6 Å². The molecule has 4 fully saturated rings. The van der Waals surface area contributed by atoms with Crippen molar-refractivity contribution in [3.8, 4) is 0 Å². The predicted octanol–water partition coefficient (Wildman–Crippen LogP) is 4.39. The van der Waals surface area contributed by atoms with Gasteiger partial charge in [-0.05, 0) is 85.4 Å². The van der Waals surface area contributed by atoms with Crippen LogP contribution < -0.4 is 0 Å². The average Bonchev–Trinajstić information content (AvgIpc) is 2.86. The first-order chi connectivity index (χ1) is 10.9. The van der Waals surface area contributed by atoms with Crippen molar-refractivity contribution in [2.75, 3.05) is 0 Å². The van der Waals surface area contributed by atoms with E-state index in [0.29, 0.717) is 29.1 Å². The Labute approximate surface area is 142 Å². The van der Waals surface area contributed by atoms with Gasteiger partial charge in [-0.1, -0.05) is 33.6 Å². The summed E-state index contributed by atoms with van der Waals surface area (Å²) in [4.78, 5) is 0. The van der Waals surface area contributed by atoms with E-state index >= 15 is 0 Å². The Morgan fingerprint density at radius 3 is 2.48 bits per heavy atom. The van der Waals surface area contributed by atoms with Gasteiger partial charge in [0.15, 0.2) is 0 Å². The number of hydrogen-bond acceptors (Lipinski definition) is 2. The molecule has 23 heavy (non-hydrogen) atoms. The second-order valence-electron chi connectivity index (χ2n) is 9.83. The Balaban J connectivity index is 1.70. The molecule has 2 N–H and O–H groups in total. The van der Waals surface area contributed by atoms with E-state index in [9.17, 15) is 10.2 Å². The maximum absolute atomic E-state index is 11.1. The van der Waals surface area contributed by atoms with E-state index in [2.05, 4.69) is 20.8 Å². The molecule has 0 bridgehead atoms. The maximum atomic E-state index is 11.1. The second-order valence-corrected chi connectivity index (χ2v) is 9.83. The van der Waals surface area contributed by atoms with Crippen LogP contribution in [0.15, 0.2) is 0 Å². The number of fused-ring (bicyclic) bond motifs is 5. The molecule has 0 spiro atoms. The van der Waals surface area contributed by atoms with Crippen molar-refractivity contribution < 1.29 is 10.2 Å². The van der Waals surface area contributed by atoms with Crippen molar-refractivity contribution in [1.29, 1.82) is 0 Å². The van der Waals surface area contributed by atoms with Gasteiger partial charge in [-0.15, -0.1) is 0 Å². The quantitative estimate of drug-likeness (QED) is 0.752. The topological polar surface area (TPSA) is 40.5 Å². The number of aliphatic hydroxyl groups excluding tert-OH is 2. The molecule has 0 aromatic rings. The monoisotopic (exact) mass is 320 g/mol. The van der Waals surface area contributed by atoms with Crippen LogP contribution in [0.25, 0.3) is 0 Å². The summed E-state index contributed by atoms with van der Waals surface area (Å²) in [5.74, 6) is 3.06. The lowest BCUT2D eigenvalue weighted by Gasteiger charge is -2.63. The van der Waals surface area contributed by atoms with Crippen LogP contribution >= 0.6 is 0 Å². The van der Waals surface area contributed by atoms with Crippen LogP contribution in [0.2, 0.25) is 0 Å². The van der Waals surface area contributed by atoms with Crippen LogP contribution in [0.1, 0.15) is 78.6 Å². The first kappa shape index (κ1) is 16.4. The highest BCUT2D eigenvalue weighted by molar-refractivity contribution is 5.12. The fourth-order valence-electron chi connectivity index (χ4n) is 8.06. The van der Waals surface area contributed by atoms with Crippen molar-refractivity contribution in [3.63, 3.8) is 0 Å². The molecule has 0 amide bonds. The van der Waals surface area contributed by atoms with Gasteiger partial charge in [0.1, 0.15) is 0 Å². The molecule has 0 saturated heterocycles. The molecule has 0 aliphatic heterocycles. The molecule has 3 unspecified atom stereocenters. The Morgan fingerprint density at radius 1 is 0.957 bits per heavy atom. The molecule has 4 rings (SSSR count). The molecule has 0 radical (unpaired) electrons. The molecule has 2 heteroatoms. The Bertz CT molecular complexity index is 463. The Hall–Kier alpha value is -0.0800. The predicted molar refractivity (Wildman–Crippen MR) is 92.9 cm³/mol. The third kappa shape index (κ3) is 2.06. The first-order valence-electron chi connectivity index (χ1n) is 10.3. The molecule has 0 aromatic carbocycles. The maximum Gasteiger partial charge on any atom is 0.0599 e. The third-order valence-corrected chi connectivity index (χ3v) is 9.42. The first-order valence-corrected chi connectivity index (χ1v) is 10.3. The van der Waals surface area contributed by atoms with Gasteiger partial charge >= 0.3 is 0 Å². The number of hydrogen-bond donors (Lipinski definition) is 2. The molecule has 4 aliphatic carbocycles. The van der Waals surface area contributed by atoms with E-state index in [1.54, 1.807) is 0 Å². The van der Waals surface area contributed by atoms with Crippen LogP contribution in [-0.4, -0.2) is 22.4 Å². The average molecular weight is 321 g/mol. The summed E-state index contributed by atoms with van der Waals surface area (Å²) in [5.41, 5.74) is 0.507. The van der Waals surface area contributed by atoms with E-state index in [1.807, 2.05) is 0 Å². The van der Waals surface area contributed by atoms with Gasteiger partial charge in [0.25, 0.3) is 0 Å². The van der Waals surface area contributed by atoms with Gasteiger partial charge in [-0.3, -0.25) is 0 Å². The zero-order chi connectivity index (χ0) is 16.4. The van der Waals surface area contributed by atoms with Gasteiger partial charge in [0.2, 0.25) is 0 Å². The van der Waals surface area contributed by atoms with Crippen molar-refractivity contribution >= 4 is 0 Å². The molecule has 132 valence electrons. The molecule has 4 aliphatic rings. The van der Waals surface area contributed by atoms with Crippen molar-refractivity contribution in [2.24, 2.45) is 40.4 Å². The third-order valence-electron chi connectivity index (χ3n) is 9.42. The fraction of sp³-hybridized carbons (Fsp3) is 1.00. The van der Waals surface area contributed by atoms with Gasteiger partial charge < -0.3 is 10.2 Å². The molecule has 4 saturated carbocycles. The zero-order valence-electron chi connectivity index (χ0n) is 15.3.